The molecule has 3 aromatic carbocycles. The van der Waals surface area contributed by atoms with Gasteiger partial charge in [0.15, 0.2) is 0 Å². The highest BCUT2D eigenvalue weighted by molar-refractivity contribution is 7.92. The van der Waals surface area contributed by atoms with Crippen LogP contribution in [0.5, 0.6) is 11.5 Å². The van der Waals surface area contributed by atoms with Crippen molar-refractivity contribution in [3.63, 3.8) is 0 Å². The number of carbonyl (C=O) groups excluding carboxylic acids is 1. The fourth-order valence-electron chi connectivity index (χ4n) is 4.53. The van der Waals surface area contributed by atoms with E-state index in [0.717, 1.165) is 22.7 Å². The number of amides is 1. The molecule has 0 saturated carbocycles. The second-order valence-electron chi connectivity index (χ2n) is 8.89. The van der Waals surface area contributed by atoms with E-state index in [2.05, 4.69) is 17.4 Å². The number of hydrogen-bond acceptors (Lipinski definition) is 5. The van der Waals surface area contributed by atoms with Crippen LogP contribution >= 0.6 is 0 Å². The number of hydrogen-bond donors (Lipinski definition) is 1. The van der Waals surface area contributed by atoms with Crippen LogP contribution in [-0.4, -0.2) is 35.1 Å². The van der Waals surface area contributed by atoms with Crippen molar-refractivity contribution in [1.82, 2.24) is 5.32 Å². The smallest absolute Gasteiger partial charge is 0.264 e. The number of ether oxygens (including phenoxy) is 2. The first-order valence-corrected chi connectivity index (χ1v) is 13.5. The van der Waals surface area contributed by atoms with E-state index in [1.54, 1.807) is 36.4 Å². The Kier molecular flexibility index (Phi) is 7.84. The summed E-state index contributed by atoms with van der Waals surface area (Å²) in [6, 6.07) is 18.9. The lowest BCUT2D eigenvalue weighted by atomic mass is 9.89. The van der Waals surface area contributed by atoms with Crippen molar-refractivity contribution in [1.29, 1.82) is 0 Å². The Hall–Kier alpha value is -3.52. The second kappa shape index (κ2) is 11.0. The summed E-state index contributed by atoms with van der Waals surface area (Å²) in [6.45, 7) is 1.49. The van der Waals surface area contributed by atoms with Crippen molar-refractivity contribution in [3.05, 3.63) is 83.4 Å². The molecule has 1 aliphatic carbocycles. The third-order valence-corrected chi connectivity index (χ3v) is 8.30. The Balaban J connectivity index is 1.64. The zero-order valence-electron chi connectivity index (χ0n) is 20.9. The number of nitrogens with zero attached hydrogens (tertiary/aromatic N) is 1. The van der Waals surface area contributed by atoms with E-state index in [9.17, 15) is 13.2 Å². The van der Waals surface area contributed by atoms with Crippen molar-refractivity contribution in [3.8, 4) is 11.5 Å². The van der Waals surface area contributed by atoms with Crippen molar-refractivity contribution in [2.24, 2.45) is 0 Å². The van der Waals surface area contributed by atoms with Gasteiger partial charge in [-0.2, -0.15) is 0 Å². The molecule has 0 aliphatic heterocycles. The number of methoxy groups -OCH3 is 2. The number of nitrogens with one attached hydrogen (secondary N) is 1. The average molecular weight is 509 g/mol. The van der Waals surface area contributed by atoms with Crippen LogP contribution in [-0.2, 0) is 27.7 Å². The molecule has 0 saturated heterocycles. The molecule has 0 heterocycles. The van der Waals surface area contributed by atoms with Gasteiger partial charge in [0.25, 0.3) is 10.0 Å². The highest BCUT2D eigenvalue weighted by Crippen LogP contribution is 2.35. The van der Waals surface area contributed by atoms with Crippen LogP contribution in [0.25, 0.3) is 0 Å². The summed E-state index contributed by atoms with van der Waals surface area (Å²) < 4.78 is 39.2. The Morgan fingerprint density at radius 1 is 0.944 bits per heavy atom. The Morgan fingerprint density at radius 2 is 1.67 bits per heavy atom. The summed E-state index contributed by atoms with van der Waals surface area (Å²) in [6.07, 6.45) is 4.51. The fourth-order valence-corrected chi connectivity index (χ4v) is 5.98. The minimum absolute atomic E-state index is 0.0745. The van der Waals surface area contributed by atoms with Gasteiger partial charge in [-0.1, -0.05) is 36.4 Å². The van der Waals surface area contributed by atoms with Crippen LogP contribution in [0.15, 0.2) is 71.6 Å². The molecule has 1 unspecified atom stereocenters. The molecule has 8 heteroatoms. The van der Waals surface area contributed by atoms with E-state index in [1.165, 1.54) is 50.3 Å². The normalized spacial score (nSPS) is 13.9. The van der Waals surface area contributed by atoms with Gasteiger partial charge in [0.2, 0.25) is 5.91 Å². The molecule has 3 aromatic rings. The zero-order chi connectivity index (χ0) is 25.7. The SMILES string of the molecule is COc1ccc(OC)c(N(CC(=O)NC(C)c2ccc3c(c2)CCCC3)S(=O)(=O)c2ccccc2)c1. The van der Waals surface area contributed by atoms with Crippen LogP contribution in [0, 0.1) is 0 Å². The van der Waals surface area contributed by atoms with Crippen LogP contribution in [0.4, 0.5) is 5.69 Å². The van der Waals surface area contributed by atoms with E-state index in [-0.39, 0.29) is 16.6 Å². The van der Waals surface area contributed by atoms with E-state index in [0.29, 0.717) is 11.5 Å². The molecule has 0 spiro atoms. The maximum atomic E-state index is 13.7. The lowest BCUT2D eigenvalue weighted by molar-refractivity contribution is -0.120. The zero-order valence-corrected chi connectivity index (χ0v) is 21.7. The minimum atomic E-state index is -4.08. The van der Waals surface area contributed by atoms with Crippen LogP contribution in [0.1, 0.15) is 42.5 Å². The number of anilines is 1. The Labute approximate surface area is 213 Å². The van der Waals surface area contributed by atoms with Gasteiger partial charge in [-0.25, -0.2) is 8.42 Å². The molecule has 0 bridgehead atoms. The van der Waals surface area contributed by atoms with Crippen molar-refractivity contribution in [2.45, 2.75) is 43.5 Å². The highest BCUT2D eigenvalue weighted by Gasteiger charge is 2.30. The fraction of sp³-hybridized carbons (Fsp3) is 0.321. The summed E-state index contributed by atoms with van der Waals surface area (Å²) in [5.41, 5.74) is 3.92. The van der Waals surface area contributed by atoms with E-state index in [4.69, 9.17) is 9.47 Å². The van der Waals surface area contributed by atoms with Crippen LogP contribution in [0.3, 0.4) is 0 Å². The molecule has 36 heavy (non-hydrogen) atoms. The first-order valence-electron chi connectivity index (χ1n) is 12.0. The lowest BCUT2D eigenvalue weighted by Gasteiger charge is -2.27. The Bertz CT molecular complexity index is 1330. The minimum Gasteiger partial charge on any atom is -0.497 e. The predicted octanol–water partition coefficient (Wildman–Crippen LogP) is 4.66. The molecular weight excluding hydrogens is 476 g/mol. The summed E-state index contributed by atoms with van der Waals surface area (Å²) in [7, 11) is -1.13. The maximum Gasteiger partial charge on any atom is 0.264 e. The quantitative estimate of drug-likeness (QED) is 0.455. The molecule has 4 rings (SSSR count). The van der Waals surface area contributed by atoms with Crippen LogP contribution in [0.2, 0.25) is 0 Å². The average Bonchev–Trinajstić information content (AvgIpc) is 2.91. The second-order valence-corrected chi connectivity index (χ2v) is 10.7. The molecular formula is C28H32N2O5S. The van der Waals surface area contributed by atoms with Gasteiger partial charge in [-0.05, 0) is 73.6 Å². The van der Waals surface area contributed by atoms with Gasteiger partial charge in [0.1, 0.15) is 18.0 Å². The molecule has 0 radical (unpaired) electrons. The molecule has 190 valence electrons. The molecule has 0 aromatic heterocycles. The molecule has 1 atom stereocenters. The molecule has 7 nitrogen and oxygen atoms in total. The third kappa shape index (κ3) is 5.49. The topological polar surface area (TPSA) is 84.9 Å². The van der Waals surface area contributed by atoms with E-state index >= 15 is 0 Å². The summed E-state index contributed by atoms with van der Waals surface area (Å²) in [5, 5.41) is 2.98. The van der Waals surface area contributed by atoms with Gasteiger partial charge in [0, 0.05) is 6.07 Å². The highest BCUT2D eigenvalue weighted by atomic mass is 32.2. The molecule has 1 N–H and O–H groups in total. The number of sulfonamides is 1. The molecule has 1 amide bonds. The summed E-state index contributed by atoms with van der Waals surface area (Å²) in [4.78, 5) is 13.3. The van der Waals surface area contributed by atoms with E-state index < -0.39 is 22.5 Å². The molecule has 1 aliphatic rings. The maximum absolute atomic E-state index is 13.7. The summed E-state index contributed by atoms with van der Waals surface area (Å²) in [5.74, 6) is 0.331. The molecule has 0 fully saturated rings. The first-order chi connectivity index (χ1) is 17.3. The van der Waals surface area contributed by atoms with Crippen molar-refractivity contribution >= 4 is 21.6 Å². The van der Waals surface area contributed by atoms with Crippen LogP contribution < -0.4 is 19.1 Å². The van der Waals surface area contributed by atoms with Gasteiger partial charge in [-0.15, -0.1) is 0 Å². The Morgan fingerprint density at radius 3 is 2.36 bits per heavy atom. The monoisotopic (exact) mass is 508 g/mol. The number of aryl methyl sites for hydroxylation is 2. The predicted molar refractivity (Wildman–Crippen MR) is 140 cm³/mol. The van der Waals surface area contributed by atoms with Gasteiger partial charge >= 0.3 is 0 Å². The largest absolute Gasteiger partial charge is 0.497 e. The standard InChI is InChI=1S/C28H32N2O5S/c1-20(22-14-13-21-9-7-8-10-23(21)17-22)29-28(31)19-30(36(32,33)25-11-5-4-6-12-25)26-18-24(34-2)15-16-27(26)35-3/h4-6,11-18,20H,7-10,19H2,1-3H3,(H,29,31). The van der Waals surface area contributed by atoms with Gasteiger partial charge in [-0.3, -0.25) is 9.10 Å². The van der Waals surface area contributed by atoms with Crippen molar-refractivity contribution < 1.29 is 22.7 Å². The number of rotatable bonds is 9. The first kappa shape index (κ1) is 25.6. The van der Waals surface area contributed by atoms with Crippen molar-refractivity contribution in [2.75, 3.05) is 25.1 Å². The number of carbonyl (C=O) groups is 1. The number of benzene rings is 3. The van der Waals surface area contributed by atoms with E-state index in [1.807, 2.05) is 13.0 Å². The number of fused-ring (bicyclic) bond motifs is 1. The van der Waals surface area contributed by atoms with Gasteiger partial charge in [0.05, 0.1) is 30.8 Å². The summed E-state index contributed by atoms with van der Waals surface area (Å²) >= 11 is 0. The lowest BCUT2D eigenvalue weighted by Crippen LogP contribution is -2.41. The third-order valence-electron chi connectivity index (χ3n) is 6.52. The van der Waals surface area contributed by atoms with Gasteiger partial charge < -0.3 is 14.8 Å².